The number of hydrogen-bond acceptors (Lipinski definition) is 2. The fourth-order valence-corrected chi connectivity index (χ4v) is 2.09. The summed E-state index contributed by atoms with van der Waals surface area (Å²) in [5, 5.41) is 12.1. The van der Waals surface area contributed by atoms with E-state index < -0.39 is 0 Å². The van der Waals surface area contributed by atoms with Gasteiger partial charge >= 0.3 is 0 Å². The van der Waals surface area contributed by atoms with Crippen LogP contribution in [0.3, 0.4) is 0 Å². The summed E-state index contributed by atoms with van der Waals surface area (Å²) in [6.07, 6.45) is 5.36. The van der Waals surface area contributed by atoms with Crippen molar-refractivity contribution in [2.45, 2.75) is 38.1 Å². The number of nitrogens with one attached hydrogen (secondary N) is 1. The van der Waals surface area contributed by atoms with E-state index in [9.17, 15) is 4.79 Å². The van der Waals surface area contributed by atoms with Crippen LogP contribution in [-0.4, -0.2) is 23.7 Å². The Morgan fingerprint density at radius 3 is 2.69 bits per heavy atom. The molecule has 2 N–H and O–H groups in total. The van der Waals surface area contributed by atoms with Crippen molar-refractivity contribution >= 4 is 5.91 Å². The first-order chi connectivity index (χ1) is 6.31. The van der Waals surface area contributed by atoms with Crippen molar-refractivity contribution in [3.05, 3.63) is 0 Å². The number of amides is 1. The van der Waals surface area contributed by atoms with Crippen LogP contribution in [0.15, 0.2) is 0 Å². The molecule has 2 atom stereocenters. The lowest BCUT2D eigenvalue weighted by Crippen LogP contribution is -2.39. The Morgan fingerprint density at radius 1 is 1.31 bits per heavy atom. The molecule has 3 heteroatoms. The highest BCUT2D eigenvalue weighted by Crippen LogP contribution is 2.31. The average molecular weight is 183 g/mol. The number of rotatable bonds is 3. The molecular weight excluding hydrogens is 166 g/mol. The molecule has 2 rings (SSSR count). The molecular formula is C10H17NO2. The molecule has 13 heavy (non-hydrogen) atoms. The quantitative estimate of drug-likeness (QED) is 0.675. The molecule has 0 spiro atoms. The summed E-state index contributed by atoms with van der Waals surface area (Å²) >= 11 is 0. The van der Waals surface area contributed by atoms with E-state index in [2.05, 4.69) is 5.32 Å². The minimum absolute atomic E-state index is 0.213. The first-order valence-corrected chi connectivity index (χ1v) is 5.22. The van der Waals surface area contributed by atoms with Crippen LogP contribution in [0.1, 0.15) is 32.1 Å². The van der Waals surface area contributed by atoms with Crippen LogP contribution in [0.4, 0.5) is 0 Å². The topological polar surface area (TPSA) is 49.3 Å². The third kappa shape index (κ3) is 2.02. The maximum absolute atomic E-state index is 11.4. The van der Waals surface area contributed by atoms with Crippen molar-refractivity contribution in [1.82, 2.24) is 5.32 Å². The molecule has 2 aliphatic rings. The van der Waals surface area contributed by atoms with Gasteiger partial charge in [0.1, 0.15) is 0 Å². The van der Waals surface area contributed by atoms with Crippen LogP contribution in [0.5, 0.6) is 0 Å². The van der Waals surface area contributed by atoms with Crippen LogP contribution < -0.4 is 5.32 Å². The minimum atomic E-state index is 0.213. The van der Waals surface area contributed by atoms with E-state index in [4.69, 9.17) is 5.11 Å². The number of carbonyl (C=O) groups is 1. The first-order valence-electron chi connectivity index (χ1n) is 5.22. The SMILES string of the molecule is O=C(NC1CCCC1CO)C1CC1. The van der Waals surface area contributed by atoms with Gasteiger partial charge in [0.2, 0.25) is 5.91 Å². The number of carbonyl (C=O) groups excluding carboxylic acids is 1. The second kappa shape index (κ2) is 3.66. The van der Waals surface area contributed by atoms with E-state index in [1.165, 1.54) is 0 Å². The number of aliphatic hydroxyl groups excluding tert-OH is 1. The van der Waals surface area contributed by atoms with Gasteiger partial charge in [-0.05, 0) is 25.7 Å². The summed E-state index contributed by atoms with van der Waals surface area (Å²) in [6, 6.07) is 0.248. The van der Waals surface area contributed by atoms with Crippen molar-refractivity contribution in [2.75, 3.05) is 6.61 Å². The van der Waals surface area contributed by atoms with E-state index in [0.29, 0.717) is 11.8 Å². The maximum atomic E-state index is 11.4. The van der Waals surface area contributed by atoms with Gasteiger partial charge in [0.05, 0.1) is 0 Å². The maximum Gasteiger partial charge on any atom is 0.223 e. The van der Waals surface area contributed by atoms with Gasteiger partial charge in [-0.15, -0.1) is 0 Å². The molecule has 74 valence electrons. The molecule has 1 amide bonds. The van der Waals surface area contributed by atoms with Gasteiger partial charge in [-0.3, -0.25) is 4.79 Å². The van der Waals surface area contributed by atoms with Gasteiger partial charge in [-0.25, -0.2) is 0 Å². The molecule has 0 radical (unpaired) electrons. The monoisotopic (exact) mass is 183 g/mol. The third-order valence-corrected chi connectivity index (χ3v) is 3.17. The summed E-state index contributed by atoms with van der Waals surface area (Å²) in [4.78, 5) is 11.4. The molecule has 0 aliphatic heterocycles. The van der Waals surface area contributed by atoms with Crippen LogP contribution in [-0.2, 0) is 4.79 Å². The molecule has 0 aromatic carbocycles. The number of aliphatic hydroxyl groups is 1. The standard InChI is InChI=1S/C10H17NO2/c12-6-8-2-1-3-9(8)11-10(13)7-4-5-7/h7-9,12H,1-6H2,(H,11,13). The predicted molar refractivity (Wildman–Crippen MR) is 49.1 cm³/mol. The summed E-state index contributed by atoms with van der Waals surface area (Å²) in [7, 11) is 0. The van der Waals surface area contributed by atoms with E-state index in [1.807, 2.05) is 0 Å². The second-order valence-electron chi connectivity index (χ2n) is 4.26. The van der Waals surface area contributed by atoms with Gasteiger partial charge in [0.25, 0.3) is 0 Å². The molecule has 0 saturated heterocycles. The Hall–Kier alpha value is -0.570. The summed E-state index contributed by atoms with van der Waals surface area (Å²) in [5.41, 5.74) is 0. The zero-order chi connectivity index (χ0) is 9.26. The molecule has 2 fully saturated rings. The molecule has 0 aromatic heterocycles. The molecule has 2 aliphatic carbocycles. The molecule has 2 unspecified atom stereocenters. The van der Waals surface area contributed by atoms with Crippen molar-refractivity contribution < 1.29 is 9.90 Å². The lowest BCUT2D eigenvalue weighted by molar-refractivity contribution is -0.123. The minimum Gasteiger partial charge on any atom is -0.396 e. The van der Waals surface area contributed by atoms with E-state index in [-0.39, 0.29) is 18.6 Å². The van der Waals surface area contributed by atoms with Crippen LogP contribution >= 0.6 is 0 Å². The van der Waals surface area contributed by atoms with Crippen molar-refractivity contribution in [3.8, 4) is 0 Å². The average Bonchev–Trinajstić information content (AvgIpc) is 2.88. The van der Waals surface area contributed by atoms with Crippen LogP contribution in [0, 0.1) is 11.8 Å². The Kier molecular flexibility index (Phi) is 2.54. The third-order valence-electron chi connectivity index (χ3n) is 3.17. The smallest absolute Gasteiger partial charge is 0.223 e. The van der Waals surface area contributed by atoms with Crippen molar-refractivity contribution in [3.63, 3.8) is 0 Å². The highest BCUT2D eigenvalue weighted by molar-refractivity contribution is 5.81. The second-order valence-corrected chi connectivity index (χ2v) is 4.26. The van der Waals surface area contributed by atoms with E-state index in [0.717, 1.165) is 32.1 Å². The van der Waals surface area contributed by atoms with Gasteiger partial charge < -0.3 is 10.4 Å². The summed E-state index contributed by atoms with van der Waals surface area (Å²) < 4.78 is 0. The van der Waals surface area contributed by atoms with Gasteiger partial charge in [-0.1, -0.05) is 6.42 Å². The molecule has 3 nitrogen and oxygen atoms in total. The Balaban J connectivity index is 1.82. The largest absolute Gasteiger partial charge is 0.396 e. The molecule has 2 saturated carbocycles. The van der Waals surface area contributed by atoms with E-state index >= 15 is 0 Å². The Bertz CT molecular complexity index is 201. The van der Waals surface area contributed by atoms with Gasteiger partial charge in [0, 0.05) is 24.5 Å². The first kappa shape index (κ1) is 9.00. The molecule has 0 aromatic rings. The zero-order valence-electron chi connectivity index (χ0n) is 7.83. The van der Waals surface area contributed by atoms with Gasteiger partial charge in [0.15, 0.2) is 0 Å². The zero-order valence-corrected chi connectivity index (χ0v) is 7.83. The Morgan fingerprint density at radius 2 is 2.08 bits per heavy atom. The van der Waals surface area contributed by atoms with Gasteiger partial charge in [-0.2, -0.15) is 0 Å². The summed E-state index contributed by atoms with van der Waals surface area (Å²) in [6.45, 7) is 0.218. The van der Waals surface area contributed by atoms with Crippen LogP contribution in [0.25, 0.3) is 0 Å². The molecule has 0 heterocycles. The summed E-state index contributed by atoms with van der Waals surface area (Å²) in [5.74, 6) is 0.813. The highest BCUT2D eigenvalue weighted by atomic mass is 16.3. The fourth-order valence-electron chi connectivity index (χ4n) is 2.09. The highest BCUT2D eigenvalue weighted by Gasteiger charge is 2.34. The fraction of sp³-hybridized carbons (Fsp3) is 0.900. The van der Waals surface area contributed by atoms with Crippen molar-refractivity contribution in [1.29, 1.82) is 0 Å². The van der Waals surface area contributed by atoms with Crippen molar-refractivity contribution in [2.24, 2.45) is 11.8 Å². The Labute approximate surface area is 78.5 Å². The lowest BCUT2D eigenvalue weighted by Gasteiger charge is -2.18. The van der Waals surface area contributed by atoms with E-state index in [1.54, 1.807) is 0 Å². The van der Waals surface area contributed by atoms with Crippen LogP contribution in [0.2, 0.25) is 0 Å². The molecule has 0 bridgehead atoms. The lowest BCUT2D eigenvalue weighted by atomic mass is 10.1. The number of hydrogen-bond donors (Lipinski definition) is 2. The normalized spacial score (nSPS) is 33.3. The predicted octanol–water partition coefficient (Wildman–Crippen LogP) is 0.674.